The van der Waals surface area contributed by atoms with Gasteiger partial charge < -0.3 is 0 Å². The van der Waals surface area contributed by atoms with E-state index in [-0.39, 0.29) is 0 Å². The largest absolute Gasteiger partial charge is 0.0628 e. The molecule has 0 unspecified atom stereocenters. The Balaban J connectivity index is 2.64. The fourth-order valence-electron chi connectivity index (χ4n) is 1.96. The van der Waals surface area contributed by atoms with Gasteiger partial charge in [-0.2, -0.15) is 0 Å². The van der Waals surface area contributed by atoms with Crippen LogP contribution in [0.4, 0.5) is 0 Å². The van der Waals surface area contributed by atoms with Crippen LogP contribution in [0, 0.1) is 11.3 Å². The van der Waals surface area contributed by atoms with E-state index in [2.05, 4.69) is 58.9 Å². The Hall–Kier alpha value is -0.780. The molecule has 0 aliphatic rings. The second kappa shape index (κ2) is 5.52. The zero-order chi connectivity index (χ0) is 12.2. The average Bonchev–Trinajstić information content (AvgIpc) is 2.12. The Morgan fingerprint density at radius 1 is 1.06 bits per heavy atom. The summed E-state index contributed by atoms with van der Waals surface area (Å²) in [5.41, 5.74) is 3.36. The summed E-state index contributed by atoms with van der Waals surface area (Å²) < 4.78 is 0. The first-order chi connectivity index (χ1) is 7.37. The van der Waals surface area contributed by atoms with Crippen molar-refractivity contribution in [2.75, 3.05) is 0 Å². The van der Waals surface area contributed by atoms with Gasteiger partial charge in [0.25, 0.3) is 0 Å². The summed E-state index contributed by atoms with van der Waals surface area (Å²) in [4.78, 5) is 0. The molecule has 0 fully saturated rings. The SMILES string of the molecule is CC(C)CCc1cccc(CC(C)(C)C)c1. The van der Waals surface area contributed by atoms with Crippen LogP contribution in [-0.4, -0.2) is 0 Å². The van der Waals surface area contributed by atoms with Crippen LogP contribution in [0.1, 0.15) is 52.2 Å². The third-order valence-corrected chi connectivity index (χ3v) is 2.74. The summed E-state index contributed by atoms with van der Waals surface area (Å²) in [6.07, 6.45) is 3.68. The van der Waals surface area contributed by atoms with Gasteiger partial charge in [0.1, 0.15) is 0 Å². The molecule has 0 saturated heterocycles. The van der Waals surface area contributed by atoms with Crippen molar-refractivity contribution >= 4 is 0 Å². The highest BCUT2D eigenvalue weighted by Crippen LogP contribution is 2.21. The second-order valence-electron chi connectivity index (χ2n) is 6.49. The van der Waals surface area contributed by atoms with Crippen molar-refractivity contribution in [3.8, 4) is 0 Å². The summed E-state index contributed by atoms with van der Waals surface area (Å²) in [5.74, 6) is 0.797. The highest BCUT2D eigenvalue weighted by atomic mass is 14.2. The Morgan fingerprint density at radius 2 is 1.69 bits per heavy atom. The summed E-state index contributed by atoms with van der Waals surface area (Å²) in [6.45, 7) is 11.5. The number of hydrogen-bond acceptors (Lipinski definition) is 0. The molecule has 90 valence electrons. The molecule has 0 bridgehead atoms. The van der Waals surface area contributed by atoms with E-state index in [9.17, 15) is 0 Å². The van der Waals surface area contributed by atoms with Gasteiger partial charge in [0.2, 0.25) is 0 Å². The molecule has 0 heterocycles. The predicted octanol–water partition coefficient (Wildman–Crippen LogP) is 4.86. The van der Waals surface area contributed by atoms with E-state index in [1.54, 1.807) is 0 Å². The van der Waals surface area contributed by atoms with Crippen molar-refractivity contribution in [3.63, 3.8) is 0 Å². The molecule has 0 heteroatoms. The molecule has 1 aromatic rings. The van der Waals surface area contributed by atoms with E-state index in [0.29, 0.717) is 5.41 Å². The van der Waals surface area contributed by atoms with Gasteiger partial charge in [-0.15, -0.1) is 0 Å². The zero-order valence-electron chi connectivity index (χ0n) is 11.5. The van der Waals surface area contributed by atoms with E-state index >= 15 is 0 Å². The molecule has 0 saturated carbocycles. The molecule has 1 rings (SSSR count). The summed E-state index contributed by atoms with van der Waals surface area (Å²) in [5, 5.41) is 0. The maximum atomic E-state index is 2.38. The molecule has 0 aliphatic carbocycles. The van der Waals surface area contributed by atoms with Gasteiger partial charge in [0, 0.05) is 0 Å². The quantitative estimate of drug-likeness (QED) is 0.676. The lowest BCUT2D eigenvalue weighted by Gasteiger charge is -2.18. The zero-order valence-corrected chi connectivity index (χ0v) is 11.5. The minimum absolute atomic E-state index is 0.386. The molecule has 0 nitrogen and oxygen atoms in total. The lowest BCUT2D eigenvalue weighted by molar-refractivity contribution is 0.411. The fraction of sp³-hybridized carbons (Fsp3) is 0.625. The lowest BCUT2D eigenvalue weighted by atomic mass is 9.87. The van der Waals surface area contributed by atoms with Gasteiger partial charge in [0.05, 0.1) is 0 Å². The molecule has 0 N–H and O–H groups in total. The van der Waals surface area contributed by atoms with Crippen molar-refractivity contribution in [1.29, 1.82) is 0 Å². The fourth-order valence-corrected chi connectivity index (χ4v) is 1.96. The van der Waals surface area contributed by atoms with Crippen LogP contribution in [0.15, 0.2) is 24.3 Å². The van der Waals surface area contributed by atoms with Crippen LogP contribution in [0.25, 0.3) is 0 Å². The Bertz CT molecular complexity index is 315. The van der Waals surface area contributed by atoms with E-state index in [0.717, 1.165) is 5.92 Å². The Morgan fingerprint density at radius 3 is 2.25 bits per heavy atom. The van der Waals surface area contributed by atoms with Gasteiger partial charge in [0.15, 0.2) is 0 Å². The lowest BCUT2D eigenvalue weighted by Crippen LogP contribution is -2.09. The van der Waals surface area contributed by atoms with Crippen molar-refractivity contribution in [1.82, 2.24) is 0 Å². The van der Waals surface area contributed by atoms with Crippen LogP contribution in [0.5, 0.6) is 0 Å². The van der Waals surface area contributed by atoms with E-state index in [1.165, 1.54) is 30.4 Å². The third-order valence-electron chi connectivity index (χ3n) is 2.74. The van der Waals surface area contributed by atoms with Gasteiger partial charge >= 0.3 is 0 Å². The van der Waals surface area contributed by atoms with Crippen molar-refractivity contribution in [3.05, 3.63) is 35.4 Å². The van der Waals surface area contributed by atoms with Gasteiger partial charge in [-0.25, -0.2) is 0 Å². The number of hydrogen-bond donors (Lipinski definition) is 0. The van der Waals surface area contributed by atoms with E-state index in [4.69, 9.17) is 0 Å². The molecule has 0 aliphatic heterocycles. The molecule has 0 radical (unpaired) electrons. The highest BCUT2D eigenvalue weighted by molar-refractivity contribution is 5.24. The van der Waals surface area contributed by atoms with Crippen LogP contribution in [-0.2, 0) is 12.8 Å². The van der Waals surface area contributed by atoms with Crippen LogP contribution in [0.2, 0.25) is 0 Å². The van der Waals surface area contributed by atoms with E-state index in [1.807, 2.05) is 0 Å². The number of aryl methyl sites for hydroxylation is 1. The summed E-state index contributed by atoms with van der Waals surface area (Å²) in [6, 6.07) is 9.10. The predicted molar refractivity (Wildman–Crippen MR) is 72.8 cm³/mol. The van der Waals surface area contributed by atoms with Crippen LogP contribution in [0.3, 0.4) is 0 Å². The van der Waals surface area contributed by atoms with Crippen LogP contribution < -0.4 is 0 Å². The first kappa shape index (κ1) is 13.3. The minimum Gasteiger partial charge on any atom is -0.0628 e. The Labute approximate surface area is 101 Å². The van der Waals surface area contributed by atoms with Gasteiger partial charge in [-0.3, -0.25) is 0 Å². The maximum absolute atomic E-state index is 2.38. The monoisotopic (exact) mass is 218 g/mol. The second-order valence-corrected chi connectivity index (χ2v) is 6.49. The number of rotatable bonds is 4. The topological polar surface area (TPSA) is 0 Å². The molecular formula is C16H26. The molecule has 0 amide bonds. The van der Waals surface area contributed by atoms with Gasteiger partial charge in [-0.1, -0.05) is 58.9 Å². The third kappa shape index (κ3) is 5.34. The summed E-state index contributed by atoms with van der Waals surface area (Å²) >= 11 is 0. The molecule has 0 aromatic heterocycles. The first-order valence-electron chi connectivity index (χ1n) is 6.44. The molecule has 1 aromatic carbocycles. The van der Waals surface area contributed by atoms with Crippen molar-refractivity contribution < 1.29 is 0 Å². The maximum Gasteiger partial charge on any atom is -0.0230 e. The van der Waals surface area contributed by atoms with Crippen LogP contribution >= 0.6 is 0 Å². The standard InChI is InChI=1S/C16H26/c1-13(2)9-10-14-7-6-8-15(11-14)12-16(3,4)5/h6-8,11,13H,9-10,12H2,1-5H3. The molecular weight excluding hydrogens is 192 g/mol. The first-order valence-corrected chi connectivity index (χ1v) is 6.44. The smallest absolute Gasteiger partial charge is 0.0230 e. The van der Waals surface area contributed by atoms with E-state index < -0.39 is 0 Å². The average molecular weight is 218 g/mol. The molecule has 0 spiro atoms. The normalized spacial score (nSPS) is 12.1. The van der Waals surface area contributed by atoms with Gasteiger partial charge in [-0.05, 0) is 41.7 Å². The minimum atomic E-state index is 0.386. The highest BCUT2D eigenvalue weighted by Gasteiger charge is 2.11. The molecule has 16 heavy (non-hydrogen) atoms. The van der Waals surface area contributed by atoms with Crippen molar-refractivity contribution in [2.45, 2.75) is 53.9 Å². The number of benzene rings is 1. The van der Waals surface area contributed by atoms with Crippen molar-refractivity contribution in [2.24, 2.45) is 11.3 Å². The summed E-state index contributed by atoms with van der Waals surface area (Å²) in [7, 11) is 0. The molecule has 0 atom stereocenters. The Kier molecular flexibility index (Phi) is 4.58.